The molecule has 0 aromatic carbocycles. The van der Waals surface area contributed by atoms with Crippen LogP contribution < -0.4 is 5.32 Å². The minimum atomic E-state index is 0.592. The highest BCUT2D eigenvalue weighted by Crippen LogP contribution is 2.47. The Balaban J connectivity index is 1.81. The summed E-state index contributed by atoms with van der Waals surface area (Å²) >= 11 is 0. The van der Waals surface area contributed by atoms with Crippen molar-refractivity contribution < 1.29 is 4.42 Å². The molecule has 1 aliphatic carbocycles. The molecule has 1 fully saturated rings. The van der Waals surface area contributed by atoms with E-state index in [0.717, 1.165) is 18.2 Å². The molecule has 2 rings (SSSR count). The number of furan rings is 1. The van der Waals surface area contributed by atoms with Crippen molar-refractivity contribution in [2.45, 2.75) is 39.2 Å². The summed E-state index contributed by atoms with van der Waals surface area (Å²) in [7, 11) is 0. The zero-order valence-electron chi connectivity index (χ0n) is 9.21. The third kappa shape index (κ3) is 2.18. The van der Waals surface area contributed by atoms with Gasteiger partial charge in [0.15, 0.2) is 0 Å². The number of rotatable bonds is 4. The Morgan fingerprint density at radius 1 is 1.50 bits per heavy atom. The first-order chi connectivity index (χ1) is 6.66. The Bertz CT molecular complexity index is 303. The van der Waals surface area contributed by atoms with Crippen molar-refractivity contribution in [1.82, 2.24) is 5.32 Å². The van der Waals surface area contributed by atoms with Crippen LogP contribution in [0.1, 0.15) is 37.7 Å². The second-order valence-corrected chi connectivity index (χ2v) is 4.61. The largest absolute Gasteiger partial charge is 0.466 e. The van der Waals surface area contributed by atoms with Crippen molar-refractivity contribution in [3.05, 3.63) is 23.7 Å². The van der Waals surface area contributed by atoms with Gasteiger partial charge in [-0.05, 0) is 37.9 Å². The van der Waals surface area contributed by atoms with Crippen molar-refractivity contribution in [1.29, 1.82) is 0 Å². The van der Waals surface area contributed by atoms with Crippen LogP contribution in [0, 0.1) is 12.8 Å². The van der Waals surface area contributed by atoms with Crippen LogP contribution in [0.5, 0.6) is 0 Å². The maximum Gasteiger partial charge on any atom is 0.107 e. The van der Waals surface area contributed by atoms with Crippen molar-refractivity contribution in [3.63, 3.8) is 0 Å². The minimum Gasteiger partial charge on any atom is -0.466 e. The van der Waals surface area contributed by atoms with Crippen molar-refractivity contribution in [3.8, 4) is 0 Å². The number of hydrogen-bond donors (Lipinski definition) is 1. The predicted molar refractivity (Wildman–Crippen MR) is 57.4 cm³/mol. The highest BCUT2D eigenvalue weighted by Gasteiger charge is 2.40. The van der Waals surface area contributed by atoms with Crippen LogP contribution in [0.15, 0.2) is 16.5 Å². The van der Waals surface area contributed by atoms with Crippen LogP contribution >= 0.6 is 0 Å². The molecule has 1 aromatic rings. The fourth-order valence-electron chi connectivity index (χ4n) is 1.86. The predicted octanol–water partition coefficient (Wildman–Crippen LogP) is 2.69. The molecule has 0 bridgehead atoms. The summed E-state index contributed by atoms with van der Waals surface area (Å²) in [6.07, 6.45) is 1.28. The maximum atomic E-state index is 5.62. The van der Waals surface area contributed by atoms with E-state index in [2.05, 4.69) is 31.3 Å². The van der Waals surface area contributed by atoms with Gasteiger partial charge in [-0.3, -0.25) is 0 Å². The smallest absolute Gasteiger partial charge is 0.107 e. The van der Waals surface area contributed by atoms with Gasteiger partial charge in [0.25, 0.3) is 0 Å². The van der Waals surface area contributed by atoms with Crippen molar-refractivity contribution in [2.75, 3.05) is 6.54 Å². The summed E-state index contributed by atoms with van der Waals surface area (Å²) in [4.78, 5) is 0. The second-order valence-electron chi connectivity index (χ2n) is 4.61. The highest BCUT2D eigenvalue weighted by atomic mass is 16.3. The van der Waals surface area contributed by atoms with E-state index in [9.17, 15) is 0 Å². The normalized spacial score (nSPS) is 25.7. The van der Waals surface area contributed by atoms with Crippen molar-refractivity contribution >= 4 is 0 Å². The van der Waals surface area contributed by atoms with E-state index in [-0.39, 0.29) is 0 Å². The van der Waals surface area contributed by atoms with E-state index in [4.69, 9.17) is 4.42 Å². The van der Waals surface area contributed by atoms with E-state index in [1.165, 1.54) is 12.2 Å². The van der Waals surface area contributed by atoms with Crippen molar-refractivity contribution in [2.24, 2.45) is 5.92 Å². The van der Waals surface area contributed by atoms with Gasteiger partial charge in [0.05, 0.1) is 0 Å². The SMILES string of the molecule is Cc1ccc(C2CC2CNC(C)C)o1. The molecule has 1 N–H and O–H groups in total. The summed E-state index contributed by atoms with van der Waals surface area (Å²) in [6.45, 7) is 7.51. The van der Waals surface area contributed by atoms with Gasteiger partial charge in [-0.1, -0.05) is 13.8 Å². The number of nitrogens with one attached hydrogen (secondary N) is 1. The number of aryl methyl sites for hydroxylation is 1. The molecule has 0 saturated heterocycles. The van der Waals surface area contributed by atoms with Gasteiger partial charge < -0.3 is 9.73 Å². The molecule has 1 aromatic heterocycles. The van der Waals surface area contributed by atoms with Gasteiger partial charge in [0, 0.05) is 12.0 Å². The third-order valence-corrected chi connectivity index (χ3v) is 2.84. The summed E-state index contributed by atoms with van der Waals surface area (Å²) in [5.74, 6) is 3.68. The molecule has 0 spiro atoms. The van der Waals surface area contributed by atoms with Crippen LogP contribution in [-0.4, -0.2) is 12.6 Å². The Kier molecular flexibility index (Phi) is 2.64. The molecule has 1 heterocycles. The molecule has 0 radical (unpaired) electrons. The standard InChI is InChI=1S/C12H19NO/c1-8(2)13-7-10-6-11(10)12-5-4-9(3)14-12/h4-5,8,10-11,13H,6-7H2,1-3H3. The quantitative estimate of drug-likeness (QED) is 0.795. The molecule has 14 heavy (non-hydrogen) atoms. The van der Waals surface area contributed by atoms with E-state index in [0.29, 0.717) is 12.0 Å². The molecule has 1 aliphatic rings. The molecule has 1 saturated carbocycles. The average molecular weight is 193 g/mol. The maximum absolute atomic E-state index is 5.62. The molecular formula is C12H19NO. The summed E-state index contributed by atoms with van der Waals surface area (Å²) in [5, 5.41) is 3.47. The molecule has 0 aliphatic heterocycles. The number of hydrogen-bond acceptors (Lipinski definition) is 2. The monoisotopic (exact) mass is 193 g/mol. The molecular weight excluding hydrogens is 174 g/mol. The Hall–Kier alpha value is -0.760. The lowest BCUT2D eigenvalue weighted by atomic mass is 10.2. The Morgan fingerprint density at radius 3 is 2.86 bits per heavy atom. The van der Waals surface area contributed by atoms with E-state index >= 15 is 0 Å². The summed E-state index contributed by atoms with van der Waals surface area (Å²) in [5.41, 5.74) is 0. The van der Waals surface area contributed by atoms with E-state index < -0.39 is 0 Å². The van der Waals surface area contributed by atoms with Gasteiger partial charge in [-0.2, -0.15) is 0 Å². The van der Waals surface area contributed by atoms with E-state index in [1.54, 1.807) is 0 Å². The minimum absolute atomic E-state index is 0.592. The lowest BCUT2D eigenvalue weighted by Crippen LogP contribution is -2.25. The fourth-order valence-corrected chi connectivity index (χ4v) is 1.86. The summed E-state index contributed by atoms with van der Waals surface area (Å²) in [6, 6.07) is 4.77. The first kappa shape index (κ1) is 9.78. The van der Waals surface area contributed by atoms with Gasteiger partial charge in [0.1, 0.15) is 11.5 Å². The molecule has 78 valence electrons. The van der Waals surface area contributed by atoms with Gasteiger partial charge in [-0.15, -0.1) is 0 Å². The molecule has 2 unspecified atom stereocenters. The Morgan fingerprint density at radius 2 is 2.29 bits per heavy atom. The molecule has 2 nitrogen and oxygen atoms in total. The van der Waals surface area contributed by atoms with Crippen LogP contribution in [0.2, 0.25) is 0 Å². The zero-order valence-corrected chi connectivity index (χ0v) is 9.21. The zero-order chi connectivity index (χ0) is 10.1. The van der Waals surface area contributed by atoms with Gasteiger partial charge >= 0.3 is 0 Å². The first-order valence-corrected chi connectivity index (χ1v) is 5.46. The third-order valence-electron chi connectivity index (χ3n) is 2.84. The molecule has 2 heteroatoms. The van der Waals surface area contributed by atoms with E-state index in [1.807, 2.05) is 6.92 Å². The average Bonchev–Trinajstić information content (AvgIpc) is 2.78. The lowest BCUT2D eigenvalue weighted by molar-refractivity contribution is 0.470. The first-order valence-electron chi connectivity index (χ1n) is 5.46. The second kappa shape index (κ2) is 3.77. The Labute approximate surface area is 85.7 Å². The lowest BCUT2D eigenvalue weighted by Gasteiger charge is -2.06. The van der Waals surface area contributed by atoms with Crippen LogP contribution in [0.25, 0.3) is 0 Å². The van der Waals surface area contributed by atoms with Crippen LogP contribution in [0.4, 0.5) is 0 Å². The molecule has 2 atom stereocenters. The topological polar surface area (TPSA) is 25.2 Å². The fraction of sp³-hybridized carbons (Fsp3) is 0.667. The highest BCUT2D eigenvalue weighted by molar-refractivity contribution is 5.18. The van der Waals surface area contributed by atoms with Crippen LogP contribution in [0.3, 0.4) is 0 Å². The van der Waals surface area contributed by atoms with Gasteiger partial charge in [0.2, 0.25) is 0 Å². The van der Waals surface area contributed by atoms with Crippen LogP contribution in [-0.2, 0) is 0 Å². The van der Waals surface area contributed by atoms with Gasteiger partial charge in [-0.25, -0.2) is 0 Å². The molecule has 0 amide bonds. The summed E-state index contributed by atoms with van der Waals surface area (Å²) < 4.78 is 5.62.